The Bertz CT molecular complexity index is 1230. The van der Waals surface area contributed by atoms with Crippen LogP contribution in [0.1, 0.15) is 45.6 Å². The Morgan fingerprint density at radius 3 is 2.68 bits per heavy atom. The van der Waals surface area contributed by atoms with E-state index in [1.165, 1.54) is 18.2 Å². The Labute approximate surface area is 210 Å². The molecule has 3 heterocycles. The van der Waals surface area contributed by atoms with Crippen molar-refractivity contribution in [2.45, 2.75) is 58.2 Å². The number of benzene rings is 1. The number of hydrogen-bond donors (Lipinski definition) is 0. The number of hydrogen-bond acceptors (Lipinski definition) is 5. The number of amides is 1. The van der Waals surface area contributed by atoms with E-state index in [2.05, 4.69) is 40.9 Å². The van der Waals surface area contributed by atoms with Crippen molar-refractivity contribution in [2.24, 2.45) is 10.8 Å². The zero-order chi connectivity index (χ0) is 24.1. The summed E-state index contributed by atoms with van der Waals surface area (Å²) in [4.78, 5) is 19.6. The monoisotopic (exact) mass is 495 g/mol. The average Bonchev–Trinajstić information content (AvgIpc) is 3.31. The number of aromatic nitrogens is 4. The van der Waals surface area contributed by atoms with Gasteiger partial charge in [0.1, 0.15) is 0 Å². The first-order valence-corrected chi connectivity index (χ1v) is 13.1. The first kappa shape index (κ1) is 23.4. The first-order chi connectivity index (χ1) is 16.2. The van der Waals surface area contributed by atoms with Crippen molar-refractivity contribution in [1.82, 2.24) is 24.6 Å². The minimum atomic E-state index is 0.180. The Hall–Kier alpha value is -2.38. The van der Waals surface area contributed by atoms with E-state index in [-0.39, 0.29) is 16.7 Å². The van der Waals surface area contributed by atoms with Crippen LogP contribution in [0.5, 0.6) is 0 Å². The second kappa shape index (κ2) is 8.68. The van der Waals surface area contributed by atoms with Crippen LogP contribution >= 0.6 is 23.4 Å². The molecule has 3 aromatic rings. The predicted octanol–water partition coefficient (Wildman–Crippen LogP) is 5.81. The molecule has 1 aliphatic carbocycles. The highest BCUT2D eigenvalue weighted by Gasteiger charge is 2.50. The number of fused-ring (bicyclic) bond motifs is 2. The van der Waals surface area contributed by atoms with Gasteiger partial charge in [0.15, 0.2) is 11.0 Å². The van der Waals surface area contributed by atoms with Crippen LogP contribution in [-0.2, 0) is 4.79 Å². The van der Waals surface area contributed by atoms with E-state index in [9.17, 15) is 4.79 Å². The summed E-state index contributed by atoms with van der Waals surface area (Å²) >= 11 is 7.89. The Kier molecular flexibility index (Phi) is 5.97. The molecule has 2 fully saturated rings. The fourth-order valence-corrected chi connectivity index (χ4v) is 7.07. The zero-order valence-corrected chi connectivity index (χ0v) is 21.7. The molecule has 0 radical (unpaired) electrons. The molecule has 8 heteroatoms. The molecule has 0 unspecified atom stereocenters. The Balaban J connectivity index is 1.43. The van der Waals surface area contributed by atoms with Crippen LogP contribution in [0.2, 0.25) is 5.02 Å². The Morgan fingerprint density at radius 1 is 1.15 bits per heavy atom. The molecule has 2 aromatic heterocycles. The number of thioether (sulfide) groups is 1. The molecule has 5 rings (SSSR count). The second-order valence-corrected chi connectivity index (χ2v) is 12.1. The minimum absolute atomic E-state index is 0.180. The zero-order valence-electron chi connectivity index (χ0n) is 20.1. The van der Waals surface area contributed by atoms with Gasteiger partial charge in [0.2, 0.25) is 5.91 Å². The largest absolute Gasteiger partial charge is 0.338 e. The number of carbonyl (C=O) groups is 1. The summed E-state index contributed by atoms with van der Waals surface area (Å²) in [6, 6.07) is 9.96. The van der Waals surface area contributed by atoms with Gasteiger partial charge in [-0.25, -0.2) is 0 Å². The van der Waals surface area contributed by atoms with Gasteiger partial charge in [-0.2, -0.15) is 0 Å². The summed E-state index contributed by atoms with van der Waals surface area (Å²) in [5, 5.41) is 10.3. The van der Waals surface area contributed by atoms with Crippen LogP contribution in [0.25, 0.3) is 17.1 Å². The first-order valence-electron chi connectivity index (χ1n) is 11.7. The Morgan fingerprint density at radius 2 is 1.91 bits per heavy atom. The third-order valence-electron chi connectivity index (χ3n) is 7.11. The van der Waals surface area contributed by atoms with E-state index in [4.69, 9.17) is 11.6 Å². The fourth-order valence-electron chi connectivity index (χ4n) is 6.07. The third-order valence-corrected chi connectivity index (χ3v) is 8.43. The van der Waals surface area contributed by atoms with E-state index < -0.39 is 0 Å². The lowest BCUT2D eigenvalue weighted by molar-refractivity contribution is -0.129. The molecule has 2 bridgehead atoms. The van der Waals surface area contributed by atoms with Crippen molar-refractivity contribution < 1.29 is 4.79 Å². The SMILES string of the molecule is Cc1c(Cl)cccc1-n1c(SCC(=O)N2C[C@@]3(C)C[C@H]2CC(C)(C)C3)nnc1-c1ccncc1. The van der Waals surface area contributed by atoms with Gasteiger partial charge >= 0.3 is 0 Å². The van der Waals surface area contributed by atoms with E-state index in [0.29, 0.717) is 27.8 Å². The average molecular weight is 496 g/mol. The van der Waals surface area contributed by atoms with Crippen LogP contribution in [-0.4, -0.2) is 48.9 Å². The van der Waals surface area contributed by atoms with Gasteiger partial charge in [-0.15, -0.1) is 10.2 Å². The quantitative estimate of drug-likeness (QED) is 0.418. The van der Waals surface area contributed by atoms with Crippen LogP contribution in [0.3, 0.4) is 0 Å². The van der Waals surface area contributed by atoms with Gasteiger partial charge in [0, 0.05) is 35.6 Å². The lowest BCUT2D eigenvalue weighted by Crippen LogP contribution is -2.38. The molecule has 1 saturated heterocycles. The van der Waals surface area contributed by atoms with Crippen LogP contribution in [0.4, 0.5) is 0 Å². The van der Waals surface area contributed by atoms with Gasteiger partial charge in [-0.1, -0.05) is 50.2 Å². The topological polar surface area (TPSA) is 63.9 Å². The number of likely N-dealkylation sites (tertiary alicyclic amines) is 1. The highest BCUT2D eigenvalue weighted by molar-refractivity contribution is 7.99. The highest BCUT2D eigenvalue weighted by Crippen LogP contribution is 2.52. The van der Waals surface area contributed by atoms with Crippen molar-refractivity contribution in [1.29, 1.82) is 0 Å². The van der Waals surface area contributed by atoms with Gasteiger partial charge < -0.3 is 4.90 Å². The molecule has 1 amide bonds. The summed E-state index contributed by atoms with van der Waals surface area (Å²) in [5.74, 6) is 1.22. The summed E-state index contributed by atoms with van der Waals surface area (Å²) in [7, 11) is 0. The maximum Gasteiger partial charge on any atom is 0.233 e. The second-order valence-electron chi connectivity index (χ2n) is 10.8. The number of carbonyl (C=O) groups excluding carboxylic acids is 1. The van der Waals surface area contributed by atoms with E-state index in [1.54, 1.807) is 12.4 Å². The van der Waals surface area contributed by atoms with E-state index >= 15 is 0 Å². The standard InChI is InChI=1S/C26H30ClN5OS/c1-17-20(27)6-5-7-21(17)32-23(18-8-10-28-11-9-18)29-30-24(32)34-14-22(33)31-16-26(4)13-19(31)12-25(2,3)15-26/h5-11,19H,12-16H2,1-4H3/t19-,26+/m1/s1. The van der Waals surface area contributed by atoms with E-state index in [0.717, 1.165) is 36.2 Å². The normalized spacial score (nSPS) is 23.3. The maximum atomic E-state index is 13.4. The summed E-state index contributed by atoms with van der Waals surface area (Å²) in [6.45, 7) is 9.83. The lowest BCUT2D eigenvalue weighted by atomic mass is 9.65. The van der Waals surface area contributed by atoms with Crippen LogP contribution in [0.15, 0.2) is 47.9 Å². The smallest absolute Gasteiger partial charge is 0.233 e. The summed E-state index contributed by atoms with van der Waals surface area (Å²) in [5.41, 5.74) is 3.26. The lowest BCUT2D eigenvalue weighted by Gasteiger charge is -2.39. The molecule has 34 heavy (non-hydrogen) atoms. The highest BCUT2D eigenvalue weighted by atomic mass is 35.5. The molecule has 178 valence electrons. The van der Waals surface area contributed by atoms with Crippen LogP contribution < -0.4 is 0 Å². The van der Waals surface area contributed by atoms with Crippen molar-refractivity contribution in [3.63, 3.8) is 0 Å². The maximum absolute atomic E-state index is 13.4. The molecule has 2 atom stereocenters. The van der Waals surface area contributed by atoms with E-state index in [1.807, 2.05) is 41.8 Å². The molecule has 0 spiro atoms. The minimum Gasteiger partial charge on any atom is -0.338 e. The van der Waals surface area contributed by atoms with Gasteiger partial charge in [-0.05, 0) is 66.8 Å². The molecule has 2 aliphatic rings. The predicted molar refractivity (Wildman–Crippen MR) is 136 cm³/mol. The number of rotatable bonds is 5. The van der Waals surface area contributed by atoms with Gasteiger partial charge in [0.25, 0.3) is 0 Å². The summed E-state index contributed by atoms with van der Waals surface area (Å²) < 4.78 is 2.00. The molecule has 0 N–H and O–H groups in total. The number of nitrogens with zero attached hydrogens (tertiary/aromatic N) is 5. The van der Waals surface area contributed by atoms with Crippen molar-refractivity contribution >= 4 is 29.3 Å². The molecule has 1 aromatic carbocycles. The molecule has 6 nitrogen and oxygen atoms in total. The fraction of sp³-hybridized carbons (Fsp3) is 0.462. The summed E-state index contributed by atoms with van der Waals surface area (Å²) in [6.07, 6.45) is 6.83. The number of halogens is 1. The van der Waals surface area contributed by atoms with Crippen molar-refractivity contribution in [3.05, 3.63) is 53.3 Å². The molecule has 1 saturated carbocycles. The molecular weight excluding hydrogens is 466 g/mol. The number of pyridine rings is 1. The third kappa shape index (κ3) is 4.36. The van der Waals surface area contributed by atoms with Crippen molar-refractivity contribution in [2.75, 3.05) is 12.3 Å². The molecular formula is C26H30ClN5OS. The van der Waals surface area contributed by atoms with Gasteiger partial charge in [0.05, 0.1) is 11.4 Å². The molecule has 1 aliphatic heterocycles. The van der Waals surface area contributed by atoms with Crippen molar-refractivity contribution in [3.8, 4) is 17.1 Å². The van der Waals surface area contributed by atoms with Crippen LogP contribution in [0, 0.1) is 17.8 Å². The van der Waals surface area contributed by atoms with Gasteiger partial charge in [-0.3, -0.25) is 14.3 Å².